The van der Waals surface area contributed by atoms with Gasteiger partial charge in [-0.15, -0.1) is 11.6 Å². The zero-order chi connectivity index (χ0) is 12.4. The number of aromatic nitrogens is 1. The molecule has 0 unspecified atom stereocenters. The quantitative estimate of drug-likeness (QED) is 0.852. The van der Waals surface area contributed by atoms with Crippen molar-refractivity contribution in [3.05, 3.63) is 42.1 Å². The van der Waals surface area contributed by atoms with Gasteiger partial charge in [-0.2, -0.15) is 0 Å². The zero-order valence-electron chi connectivity index (χ0n) is 10.3. The van der Waals surface area contributed by atoms with Crippen molar-refractivity contribution in [1.82, 2.24) is 10.3 Å². The molecule has 0 atom stereocenters. The lowest BCUT2D eigenvalue weighted by Crippen LogP contribution is -2.52. The van der Waals surface area contributed by atoms with E-state index in [-0.39, 0.29) is 5.54 Å². The van der Waals surface area contributed by atoms with Crippen molar-refractivity contribution in [2.75, 3.05) is 5.88 Å². The van der Waals surface area contributed by atoms with E-state index < -0.39 is 0 Å². The number of nitrogens with one attached hydrogen (secondary N) is 1. The highest BCUT2D eigenvalue weighted by Crippen LogP contribution is 2.33. The van der Waals surface area contributed by atoms with Gasteiger partial charge in [0, 0.05) is 29.5 Å². The molecular formula is C15H17ClN2. The van der Waals surface area contributed by atoms with Crippen molar-refractivity contribution >= 4 is 22.5 Å². The normalized spacial score (nSPS) is 17.6. The molecule has 1 heterocycles. The van der Waals surface area contributed by atoms with Crippen LogP contribution < -0.4 is 5.32 Å². The number of alkyl halides is 1. The molecule has 0 amide bonds. The van der Waals surface area contributed by atoms with Crippen LogP contribution in [0.2, 0.25) is 0 Å². The van der Waals surface area contributed by atoms with Gasteiger partial charge in [-0.25, -0.2) is 0 Å². The van der Waals surface area contributed by atoms with Gasteiger partial charge in [0.2, 0.25) is 0 Å². The molecule has 0 radical (unpaired) electrons. The Morgan fingerprint density at radius 1 is 1.28 bits per heavy atom. The monoisotopic (exact) mass is 260 g/mol. The molecule has 1 N–H and O–H groups in total. The third kappa shape index (κ3) is 2.23. The van der Waals surface area contributed by atoms with Gasteiger partial charge in [-0.05, 0) is 43.0 Å². The molecule has 1 aliphatic rings. The lowest BCUT2D eigenvalue weighted by atomic mass is 9.78. The van der Waals surface area contributed by atoms with Gasteiger partial charge in [-0.1, -0.05) is 12.1 Å². The molecule has 3 rings (SSSR count). The minimum Gasteiger partial charge on any atom is -0.306 e. The molecule has 94 valence electrons. The topological polar surface area (TPSA) is 24.9 Å². The van der Waals surface area contributed by atoms with E-state index in [2.05, 4.69) is 34.6 Å². The molecule has 0 bridgehead atoms. The molecule has 0 saturated heterocycles. The summed E-state index contributed by atoms with van der Waals surface area (Å²) in [6, 6.07) is 10.5. The maximum absolute atomic E-state index is 6.05. The first-order chi connectivity index (χ1) is 8.81. The largest absolute Gasteiger partial charge is 0.306 e. The van der Waals surface area contributed by atoms with E-state index in [0.717, 1.165) is 12.1 Å². The van der Waals surface area contributed by atoms with Crippen LogP contribution in [0.4, 0.5) is 0 Å². The van der Waals surface area contributed by atoms with Gasteiger partial charge in [0.1, 0.15) is 0 Å². The summed E-state index contributed by atoms with van der Waals surface area (Å²) >= 11 is 6.05. The van der Waals surface area contributed by atoms with Crippen LogP contribution in [0.25, 0.3) is 10.9 Å². The minimum absolute atomic E-state index is 0.186. The number of fused-ring (bicyclic) bond motifs is 1. The Bertz CT molecular complexity index is 543. The Hall–Kier alpha value is -1.12. The van der Waals surface area contributed by atoms with E-state index >= 15 is 0 Å². The first kappa shape index (κ1) is 11.9. The van der Waals surface area contributed by atoms with E-state index in [1.54, 1.807) is 0 Å². The van der Waals surface area contributed by atoms with Crippen molar-refractivity contribution < 1.29 is 0 Å². The number of hydrogen-bond acceptors (Lipinski definition) is 2. The fraction of sp³-hybridized carbons (Fsp3) is 0.400. The van der Waals surface area contributed by atoms with Crippen LogP contribution >= 0.6 is 11.6 Å². The Kier molecular flexibility index (Phi) is 3.23. The Balaban J connectivity index is 1.74. The van der Waals surface area contributed by atoms with Crippen molar-refractivity contribution in [2.24, 2.45) is 0 Å². The standard InChI is InChI=1S/C15H17ClN2/c16-11-15(6-2-7-15)18-10-12-4-5-14-13(9-12)3-1-8-17-14/h1,3-5,8-9,18H,2,6-7,10-11H2. The summed E-state index contributed by atoms with van der Waals surface area (Å²) < 4.78 is 0. The molecular weight excluding hydrogens is 244 g/mol. The highest BCUT2D eigenvalue weighted by Gasteiger charge is 2.35. The van der Waals surface area contributed by atoms with Crippen LogP contribution in [-0.2, 0) is 6.54 Å². The molecule has 18 heavy (non-hydrogen) atoms. The fourth-order valence-electron chi connectivity index (χ4n) is 2.49. The Morgan fingerprint density at radius 2 is 2.17 bits per heavy atom. The number of pyridine rings is 1. The predicted molar refractivity (Wildman–Crippen MR) is 75.9 cm³/mol. The van der Waals surface area contributed by atoms with Crippen molar-refractivity contribution in [3.8, 4) is 0 Å². The first-order valence-electron chi connectivity index (χ1n) is 6.46. The SMILES string of the molecule is ClCC1(NCc2ccc3ncccc3c2)CCC1. The smallest absolute Gasteiger partial charge is 0.0702 e. The lowest BCUT2D eigenvalue weighted by molar-refractivity contribution is 0.211. The maximum atomic E-state index is 6.05. The molecule has 1 fully saturated rings. The molecule has 1 aromatic carbocycles. The van der Waals surface area contributed by atoms with Gasteiger partial charge < -0.3 is 5.32 Å². The number of halogens is 1. The second-order valence-electron chi connectivity index (χ2n) is 5.15. The van der Waals surface area contributed by atoms with Gasteiger partial charge in [0.05, 0.1) is 5.52 Å². The van der Waals surface area contributed by atoms with E-state index in [9.17, 15) is 0 Å². The van der Waals surface area contributed by atoms with Gasteiger partial charge in [-0.3, -0.25) is 4.98 Å². The molecule has 2 aromatic rings. The summed E-state index contributed by atoms with van der Waals surface area (Å²) in [5, 5.41) is 4.81. The summed E-state index contributed by atoms with van der Waals surface area (Å²) in [6.45, 7) is 0.886. The highest BCUT2D eigenvalue weighted by atomic mass is 35.5. The Labute approximate surface area is 112 Å². The summed E-state index contributed by atoms with van der Waals surface area (Å²) in [4.78, 5) is 4.33. The molecule has 1 aromatic heterocycles. The van der Waals surface area contributed by atoms with Gasteiger partial charge in [0.15, 0.2) is 0 Å². The van der Waals surface area contributed by atoms with E-state index in [1.165, 1.54) is 30.2 Å². The van der Waals surface area contributed by atoms with Crippen molar-refractivity contribution in [1.29, 1.82) is 0 Å². The highest BCUT2D eigenvalue weighted by molar-refractivity contribution is 6.18. The van der Waals surface area contributed by atoms with Crippen LogP contribution in [0.1, 0.15) is 24.8 Å². The summed E-state index contributed by atoms with van der Waals surface area (Å²) in [7, 11) is 0. The van der Waals surface area contributed by atoms with Crippen molar-refractivity contribution in [3.63, 3.8) is 0 Å². The van der Waals surface area contributed by atoms with Gasteiger partial charge in [0.25, 0.3) is 0 Å². The van der Waals surface area contributed by atoms with Crippen LogP contribution in [-0.4, -0.2) is 16.4 Å². The van der Waals surface area contributed by atoms with E-state index in [0.29, 0.717) is 5.88 Å². The predicted octanol–water partition coefficient (Wildman–Crippen LogP) is 3.49. The number of hydrogen-bond donors (Lipinski definition) is 1. The van der Waals surface area contributed by atoms with Crippen LogP contribution in [0.15, 0.2) is 36.5 Å². The first-order valence-corrected chi connectivity index (χ1v) is 6.99. The lowest BCUT2D eigenvalue weighted by Gasteiger charge is -2.41. The third-order valence-electron chi connectivity index (χ3n) is 3.90. The second kappa shape index (κ2) is 4.87. The Morgan fingerprint density at radius 3 is 2.89 bits per heavy atom. The number of benzene rings is 1. The van der Waals surface area contributed by atoms with Crippen molar-refractivity contribution in [2.45, 2.75) is 31.3 Å². The van der Waals surface area contributed by atoms with Gasteiger partial charge >= 0.3 is 0 Å². The van der Waals surface area contributed by atoms with Crippen LogP contribution in [0.5, 0.6) is 0 Å². The fourth-order valence-corrected chi connectivity index (χ4v) is 2.85. The summed E-state index contributed by atoms with van der Waals surface area (Å²) in [5.74, 6) is 0.710. The van der Waals surface area contributed by atoms with Crippen LogP contribution in [0, 0.1) is 0 Å². The second-order valence-corrected chi connectivity index (χ2v) is 5.42. The molecule has 3 heteroatoms. The molecule has 1 saturated carbocycles. The molecule has 0 aliphatic heterocycles. The third-order valence-corrected chi connectivity index (χ3v) is 4.41. The van der Waals surface area contributed by atoms with E-state index in [1.807, 2.05) is 12.3 Å². The number of nitrogens with zero attached hydrogens (tertiary/aromatic N) is 1. The maximum Gasteiger partial charge on any atom is 0.0702 e. The molecule has 2 nitrogen and oxygen atoms in total. The average molecular weight is 261 g/mol. The average Bonchev–Trinajstić information content (AvgIpc) is 2.38. The summed E-state index contributed by atoms with van der Waals surface area (Å²) in [5.41, 5.74) is 2.54. The molecule has 1 aliphatic carbocycles. The molecule has 0 spiro atoms. The van der Waals surface area contributed by atoms with Crippen LogP contribution in [0.3, 0.4) is 0 Å². The van der Waals surface area contributed by atoms with E-state index in [4.69, 9.17) is 11.6 Å². The number of rotatable bonds is 4. The summed E-state index contributed by atoms with van der Waals surface area (Å²) in [6.07, 6.45) is 5.52. The zero-order valence-corrected chi connectivity index (χ0v) is 11.1. The minimum atomic E-state index is 0.186.